The first-order chi connectivity index (χ1) is 27.0. The summed E-state index contributed by atoms with van der Waals surface area (Å²) in [6.45, 7) is -0.692. The van der Waals surface area contributed by atoms with Gasteiger partial charge in [-0.3, -0.25) is 9.80 Å². The van der Waals surface area contributed by atoms with Gasteiger partial charge in [0, 0.05) is 18.5 Å². The van der Waals surface area contributed by atoms with E-state index in [0.29, 0.717) is 28.0 Å². The van der Waals surface area contributed by atoms with E-state index in [1.807, 2.05) is 0 Å². The van der Waals surface area contributed by atoms with Gasteiger partial charge < -0.3 is 24.2 Å². The number of carbonyl (C=O) groups is 2. The number of esters is 1. The minimum Gasteiger partial charge on any atom is -0.619 e. The molecule has 3 aromatic carbocycles. The van der Waals surface area contributed by atoms with Crippen LogP contribution in [0.4, 0.5) is 23.7 Å². The van der Waals surface area contributed by atoms with Crippen LogP contribution >= 0.6 is 23.2 Å². The topological polar surface area (TPSA) is 104 Å². The van der Waals surface area contributed by atoms with E-state index in [4.69, 9.17) is 42.1 Å². The summed E-state index contributed by atoms with van der Waals surface area (Å²) in [5.74, 6) is -1.28. The number of aromatic nitrogens is 1. The number of fused-ring (bicyclic) bond motifs is 3. The highest BCUT2D eigenvalue weighted by molar-refractivity contribution is 6.35. The Labute approximate surface area is 332 Å². The lowest BCUT2D eigenvalue weighted by atomic mass is 9.86. The fourth-order valence-electron chi connectivity index (χ4n) is 7.67. The first-order valence-corrected chi connectivity index (χ1v) is 19.3. The van der Waals surface area contributed by atoms with Crippen molar-refractivity contribution in [1.29, 1.82) is 0 Å². The molecule has 2 atom stereocenters. The third-order valence-corrected chi connectivity index (χ3v) is 11.2. The number of para-hydroxylation sites is 1. The number of hydrogen-bond acceptors (Lipinski definition) is 8. The van der Waals surface area contributed by atoms with Crippen molar-refractivity contribution in [2.45, 2.75) is 76.4 Å². The number of amides is 1. The van der Waals surface area contributed by atoms with Crippen LogP contribution in [-0.2, 0) is 22.4 Å². The molecule has 1 saturated carbocycles. The van der Waals surface area contributed by atoms with Crippen LogP contribution in [0.3, 0.4) is 0 Å². The van der Waals surface area contributed by atoms with Crippen LogP contribution in [0.5, 0.6) is 11.5 Å². The molecular weight excluding hydrogens is 774 g/mol. The second-order valence-electron chi connectivity index (χ2n) is 14.3. The van der Waals surface area contributed by atoms with Crippen LogP contribution in [0.15, 0.2) is 79.1 Å². The molecule has 2 bridgehead atoms. The molecule has 0 unspecified atom stereocenters. The molecule has 0 N–H and O–H groups in total. The van der Waals surface area contributed by atoms with Crippen LogP contribution in [0.1, 0.15) is 71.7 Å². The molecule has 4 aliphatic rings. The summed E-state index contributed by atoms with van der Waals surface area (Å²) in [4.78, 5) is 31.2. The van der Waals surface area contributed by atoms with Gasteiger partial charge in [0.2, 0.25) is 0 Å². The monoisotopic (exact) mass is 813 g/mol. The van der Waals surface area contributed by atoms with Crippen LogP contribution in [0, 0.1) is 16.9 Å². The lowest BCUT2D eigenvalue weighted by Gasteiger charge is -2.44. The van der Waals surface area contributed by atoms with Gasteiger partial charge in [0.1, 0.15) is 28.1 Å². The largest absolute Gasteiger partial charge is 0.619 e. The molecule has 8 rings (SSSR count). The van der Waals surface area contributed by atoms with E-state index >= 15 is 4.39 Å². The molecule has 15 heteroatoms. The van der Waals surface area contributed by atoms with Gasteiger partial charge in [-0.15, -0.1) is 0 Å². The minimum absolute atomic E-state index is 0.0222. The van der Waals surface area contributed by atoms with Gasteiger partial charge in [-0.2, -0.15) is 13.5 Å². The highest BCUT2D eigenvalue weighted by Gasteiger charge is 2.38. The molecule has 4 aromatic rings. The molecule has 0 spiro atoms. The third-order valence-electron chi connectivity index (χ3n) is 10.6. The number of rotatable bonds is 13. The SMILES string of the molecule is O=C(O[C@@H](Cc1c(Cl)c[n+]([O-])cc1Cl)c1ccc(OC(F)F)c(OC2CCCC2)c1)c1cccc(CN(C(=O)O[C@H]2CN3CCC2CC3)c2ccccc2F)c1. The lowest BCUT2D eigenvalue weighted by Crippen LogP contribution is -2.53. The van der Waals surface area contributed by atoms with Gasteiger partial charge in [-0.25, -0.2) is 14.0 Å². The fraction of sp³-hybridized carbons (Fsp3) is 0.390. The molecule has 0 radical (unpaired) electrons. The number of pyridine rings is 1. The van der Waals surface area contributed by atoms with Crippen molar-refractivity contribution < 1.29 is 46.4 Å². The van der Waals surface area contributed by atoms with Crippen molar-refractivity contribution in [2.75, 3.05) is 24.5 Å². The molecule has 56 heavy (non-hydrogen) atoms. The summed E-state index contributed by atoms with van der Waals surface area (Å²) in [6.07, 6.45) is 4.97. The Bertz CT molecular complexity index is 2020. The predicted octanol–water partition coefficient (Wildman–Crippen LogP) is 9.07. The van der Waals surface area contributed by atoms with Crippen molar-refractivity contribution in [2.24, 2.45) is 5.92 Å². The number of halogens is 5. The van der Waals surface area contributed by atoms with Crippen molar-refractivity contribution >= 4 is 41.0 Å². The van der Waals surface area contributed by atoms with E-state index in [-0.39, 0.29) is 63.9 Å². The highest BCUT2D eigenvalue weighted by atomic mass is 35.5. The Balaban J connectivity index is 1.16. The van der Waals surface area contributed by atoms with E-state index < -0.39 is 30.6 Å². The number of ether oxygens (including phenoxy) is 4. The first kappa shape index (κ1) is 39.5. The standard InChI is InChI=1S/C41H40Cl2F3N3O7/c42-31-22-48(52)23-32(43)30(31)20-36(27-12-13-35(55-40(45)46)37(19-27)53-29-8-1-2-9-29)54-39(50)28-7-5-6-25(18-28)21-49(34-11-4-3-10-33(34)44)41(51)56-38-24-47-16-14-26(38)15-17-47/h3-7,10-13,18-19,22-23,26,29,36,38,40H,1-2,8-9,14-17,20-21,24H2/t36-,38-/m0/s1. The summed E-state index contributed by atoms with van der Waals surface area (Å²) in [5.41, 5.74) is 1.28. The maximum Gasteiger partial charge on any atom is 0.415 e. The molecule has 3 aliphatic heterocycles. The second kappa shape index (κ2) is 17.6. The fourth-order valence-corrected chi connectivity index (χ4v) is 8.27. The van der Waals surface area contributed by atoms with Gasteiger partial charge >= 0.3 is 18.7 Å². The van der Waals surface area contributed by atoms with Gasteiger partial charge in [-0.05, 0) is 105 Å². The number of nitrogens with zero attached hydrogens (tertiary/aromatic N) is 3. The van der Waals surface area contributed by atoms with Crippen molar-refractivity contribution in [3.05, 3.63) is 122 Å². The predicted molar refractivity (Wildman–Crippen MR) is 202 cm³/mol. The number of alkyl halides is 2. The molecular formula is C41H40Cl2F3N3O7. The zero-order chi connectivity index (χ0) is 39.3. The Hall–Kier alpha value is -4.72. The average molecular weight is 815 g/mol. The molecule has 1 aliphatic carbocycles. The maximum atomic E-state index is 15.2. The lowest BCUT2D eigenvalue weighted by molar-refractivity contribution is -0.605. The molecule has 4 heterocycles. The van der Waals surface area contributed by atoms with E-state index in [0.717, 1.165) is 64.0 Å². The van der Waals surface area contributed by atoms with E-state index in [1.54, 1.807) is 18.2 Å². The summed E-state index contributed by atoms with van der Waals surface area (Å²) < 4.78 is 65.4. The Kier molecular flexibility index (Phi) is 12.4. The van der Waals surface area contributed by atoms with Crippen LogP contribution in [-0.4, -0.2) is 55.4 Å². The summed E-state index contributed by atoms with van der Waals surface area (Å²) >= 11 is 12.9. The molecule has 1 amide bonds. The van der Waals surface area contributed by atoms with Crippen molar-refractivity contribution in [1.82, 2.24) is 4.90 Å². The Morgan fingerprint density at radius 1 is 0.929 bits per heavy atom. The summed E-state index contributed by atoms with van der Waals surface area (Å²) in [5, 5.41) is 12.1. The summed E-state index contributed by atoms with van der Waals surface area (Å²) in [6, 6.07) is 16.5. The summed E-state index contributed by atoms with van der Waals surface area (Å²) in [7, 11) is 0. The minimum atomic E-state index is -3.11. The first-order valence-electron chi connectivity index (χ1n) is 18.6. The molecule has 3 saturated heterocycles. The van der Waals surface area contributed by atoms with Gasteiger partial charge in [0.05, 0.1) is 23.9 Å². The van der Waals surface area contributed by atoms with Crippen molar-refractivity contribution in [3.63, 3.8) is 0 Å². The molecule has 10 nitrogen and oxygen atoms in total. The van der Waals surface area contributed by atoms with Gasteiger partial charge in [-0.1, -0.05) is 53.5 Å². The van der Waals surface area contributed by atoms with E-state index in [2.05, 4.69) is 4.90 Å². The van der Waals surface area contributed by atoms with Crippen LogP contribution in [0.25, 0.3) is 0 Å². The zero-order valence-electron chi connectivity index (χ0n) is 30.3. The quantitative estimate of drug-likeness (QED) is 0.0749. The Morgan fingerprint density at radius 2 is 1.66 bits per heavy atom. The molecule has 296 valence electrons. The Morgan fingerprint density at radius 3 is 2.34 bits per heavy atom. The molecule has 1 aromatic heterocycles. The average Bonchev–Trinajstić information content (AvgIpc) is 3.69. The third kappa shape index (κ3) is 9.45. The van der Waals surface area contributed by atoms with E-state index in [1.165, 1.54) is 53.4 Å². The van der Waals surface area contributed by atoms with Gasteiger partial charge in [0.15, 0.2) is 23.9 Å². The number of carbonyl (C=O) groups excluding carboxylic acids is 2. The van der Waals surface area contributed by atoms with Gasteiger partial charge in [0.25, 0.3) is 0 Å². The number of piperidine rings is 3. The second-order valence-corrected chi connectivity index (χ2v) is 15.1. The number of benzene rings is 3. The van der Waals surface area contributed by atoms with E-state index in [9.17, 15) is 23.6 Å². The van der Waals surface area contributed by atoms with Crippen LogP contribution in [0.2, 0.25) is 10.0 Å². The zero-order valence-corrected chi connectivity index (χ0v) is 31.8. The highest BCUT2D eigenvalue weighted by Crippen LogP contribution is 2.38. The smallest absolute Gasteiger partial charge is 0.415 e. The normalized spacial score (nSPS) is 19.8. The number of anilines is 1. The van der Waals surface area contributed by atoms with Crippen LogP contribution < -0.4 is 19.1 Å². The number of hydrogen-bond donors (Lipinski definition) is 0. The maximum absolute atomic E-state index is 15.2. The van der Waals surface area contributed by atoms with Crippen molar-refractivity contribution in [3.8, 4) is 11.5 Å². The molecule has 4 fully saturated rings.